The monoisotopic (exact) mass is 433 g/mol. The van der Waals surface area contributed by atoms with Crippen LogP contribution in [0.3, 0.4) is 0 Å². The summed E-state index contributed by atoms with van der Waals surface area (Å²) in [7, 11) is 0. The summed E-state index contributed by atoms with van der Waals surface area (Å²) in [6, 6.07) is 20.4. The molecule has 2 heterocycles. The number of hydrogen-bond acceptors (Lipinski definition) is 6. The van der Waals surface area contributed by atoms with Crippen LogP contribution in [-0.2, 0) is 11.2 Å². The van der Waals surface area contributed by atoms with Gasteiger partial charge < -0.3 is 15.1 Å². The molecular formula is C24H27N5OS. The van der Waals surface area contributed by atoms with Crippen molar-refractivity contribution in [3.63, 3.8) is 0 Å². The maximum Gasteiger partial charge on any atom is 0.234 e. The maximum atomic E-state index is 12.3. The third-order valence-corrected chi connectivity index (χ3v) is 6.28. The molecule has 1 fully saturated rings. The molecule has 1 aromatic heterocycles. The molecule has 1 aliphatic heterocycles. The summed E-state index contributed by atoms with van der Waals surface area (Å²) < 4.78 is 0. The van der Waals surface area contributed by atoms with Gasteiger partial charge in [-0.05, 0) is 36.2 Å². The van der Waals surface area contributed by atoms with Gasteiger partial charge in [0.05, 0.1) is 5.75 Å². The molecule has 0 spiro atoms. The molecule has 4 rings (SSSR count). The number of rotatable bonds is 7. The third-order valence-electron chi connectivity index (χ3n) is 5.35. The molecule has 31 heavy (non-hydrogen) atoms. The van der Waals surface area contributed by atoms with Gasteiger partial charge in [-0.25, -0.2) is 9.97 Å². The predicted octanol–water partition coefficient (Wildman–Crippen LogP) is 4.10. The lowest BCUT2D eigenvalue weighted by molar-refractivity contribution is -0.113. The van der Waals surface area contributed by atoms with Crippen LogP contribution in [0.4, 0.5) is 17.2 Å². The molecule has 0 atom stereocenters. The molecule has 0 saturated carbocycles. The number of nitrogens with zero attached hydrogens (tertiary/aromatic N) is 4. The van der Waals surface area contributed by atoms with E-state index in [4.69, 9.17) is 0 Å². The number of benzene rings is 2. The first-order chi connectivity index (χ1) is 15.2. The highest BCUT2D eigenvalue weighted by atomic mass is 32.2. The van der Waals surface area contributed by atoms with Crippen LogP contribution in [0.15, 0.2) is 72.0 Å². The molecule has 1 amide bonds. The van der Waals surface area contributed by atoms with Crippen LogP contribution in [0.25, 0.3) is 0 Å². The Labute approximate surface area is 187 Å². The Morgan fingerprint density at radius 2 is 1.68 bits per heavy atom. The highest BCUT2D eigenvalue weighted by Gasteiger charge is 2.19. The van der Waals surface area contributed by atoms with Crippen molar-refractivity contribution in [2.45, 2.75) is 18.4 Å². The van der Waals surface area contributed by atoms with Gasteiger partial charge in [-0.15, -0.1) is 0 Å². The first-order valence-electron chi connectivity index (χ1n) is 10.6. The second-order valence-corrected chi connectivity index (χ2v) is 8.41. The van der Waals surface area contributed by atoms with E-state index in [2.05, 4.69) is 56.3 Å². The summed E-state index contributed by atoms with van der Waals surface area (Å²) in [4.78, 5) is 25.8. The molecule has 1 N–H and O–H groups in total. The number of aryl methyl sites for hydroxylation is 1. The Hall–Kier alpha value is -3.06. The third kappa shape index (κ3) is 5.76. The quantitative estimate of drug-likeness (QED) is 0.447. The van der Waals surface area contributed by atoms with Crippen molar-refractivity contribution in [3.8, 4) is 0 Å². The Bertz CT molecular complexity index is 988. The Kier molecular flexibility index (Phi) is 7.04. The van der Waals surface area contributed by atoms with Gasteiger partial charge in [0, 0.05) is 43.6 Å². The first kappa shape index (κ1) is 21.2. The van der Waals surface area contributed by atoms with Crippen LogP contribution >= 0.6 is 11.8 Å². The van der Waals surface area contributed by atoms with Gasteiger partial charge in [0.15, 0.2) is 0 Å². The molecule has 1 aliphatic rings. The van der Waals surface area contributed by atoms with Crippen molar-refractivity contribution in [1.82, 2.24) is 9.97 Å². The number of piperazine rings is 1. The first-order valence-corrected chi connectivity index (χ1v) is 11.6. The van der Waals surface area contributed by atoms with Crippen LogP contribution in [0.5, 0.6) is 0 Å². The normalized spacial score (nSPS) is 13.8. The average molecular weight is 434 g/mol. The molecule has 0 radical (unpaired) electrons. The molecule has 1 saturated heterocycles. The van der Waals surface area contributed by atoms with Crippen molar-refractivity contribution in [1.29, 1.82) is 0 Å². The van der Waals surface area contributed by atoms with E-state index in [0.29, 0.717) is 5.75 Å². The standard InChI is InChI=1S/C24H27N5OS/c1-2-19-8-10-20(11-9-19)27-23(30)17-31-24-16-22(25-18-26-24)29-14-12-28(13-15-29)21-6-4-3-5-7-21/h3-11,16,18H,2,12-15,17H2,1H3,(H,27,30). The van der Waals surface area contributed by atoms with Crippen LogP contribution < -0.4 is 15.1 Å². The van der Waals surface area contributed by atoms with Crippen LogP contribution in [-0.4, -0.2) is 47.8 Å². The SMILES string of the molecule is CCc1ccc(NC(=O)CSc2cc(N3CCN(c4ccccc4)CC3)ncn2)cc1. The van der Waals surface area contributed by atoms with Crippen molar-refractivity contribution in [3.05, 3.63) is 72.6 Å². The van der Waals surface area contributed by atoms with E-state index in [9.17, 15) is 4.79 Å². The van der Waals surface area contributed by atoms with Gasteiger partial charge in [-0.1, -0.05) is 49.0 Å². The smallest absolute Gasteiger partial charge is 0.234 e. The van der Waals surface area contributed by atoms with E-state index >= 15 is 0 Å². The zero-order valence-electron chi connectivity index (χ0n) is 17.7. The lowest BCUT2D eigenvalue weighted by atomic mass is 10.1. The molecule has 7 heteroatoms. The molecule has 3 aromatic rings. The minimum atomic E-state index is -0.0362. The zero-order chi connectivity index (χ0) is 21.5. The summed E-state index contributed by atoms with van der Waals surface area (Å²) in [6.45, 7) is 5.84. The van der Waals surface area contributed by atoms with E-state index in [-0.39, 0.29) is 5.91 Å². The maximum absolute atomic E-state index is 12.3. The number of nitrogens with one attached hydrogen (secondary N) is 1. The lowest BCUT2D eigenvalue weighted by Gasteiger charge is -2.36. The molecule has 0 unspecified atom stereocenters. The summed E-state index contributed by atoms with van der Waals surface area (Å²) in [5.41, 5.74) is 3.34. The average Bonchev–Trinajstić information content (AvgIpc) is 2.84. The number of carbonyl (C=O) groups is 1. The van der Waals surface area contributed by atoms with Crippen molar-refractivity contribution < 1.29 is 4.79 Å². The van der Waals surface area contributed by atoms with Gasteiger partial charge in [0.1, 0.15) is 17.2 Å². The second kappa shape index (κ2) is 10.3. The van der Waals surface area contributed by atoms with Gasteiger partial charge in [-0.3, -0.25) is 4.79 Å². The fourth-order valence-corrected chi connectivity index (χ4v) is 4.24. The molecule has 0 bridgehead atoms. The van der Waals surface area contributed by atoms with Gasteiger partial charge in [-0.2, -0.15) is 0 Å². The fraction of sp³-hybridized carbons (Fsp3) is 0.292. The molecule has 6 nitrogen and oxygen atoms in total. The van der Waals surface area contributed by atoms with Gasteiger partial charge >= 0.3 is 0 Å². The summed E-state index contributed by atoms with van der Waals surface area (Å²) in [6.07, 6.45) is 2.57. The number of carbonyl (C=O) groups excluding carboxylic acids is 1. The van der Waals surface area contributed by atoms with Gasteiger partial charge in [0.25, 0.3) is 0 Å². The van der Waals surface area contributed by atoms with E-state index in [1.807, 2.05) is 36.4 Å². The highest BCUT2D eigenvalue weighted by molar-refractivity contribution is 7.99. The number of anilines is 3. The number of aromatic nitrogens is 2. The highest BCUT2D eigenvalue weighted by Crippen LogP contribution is 2.23. The van der Waals surface area contributed by atoms with Crippen LogP contribution in [0.1, 0.15) is 12.5 Å². The molecule has 160 valence electrons. The molecule has 2 aromatic carbocycles. The van der Waals surface area contributed by atoms with Crippen molar-refractivity contribution in [2.75, 3.05) is 47.0 Å². The summed E-state index contributed by atoms with van der Waals surface area (Å²) >= 11 is 1.43. The van der Waals surface area contributed by atoms with E-state index in [1.54, 1.807) is 6.33 Å². The number of thioether (sulfide) groups is 1. The lowest BCUT2D eigenvalue weighted by Crippen LogP contribution is -2.46. The van der Waals surface area contributed by atoms with Crippen LogP contribution in [0, 0.1) is 0 Å². The second-order valence-electron chi connectivity index (χ2n) is 7.41. The Morgan fingerprint density at radius 1 is 0.968 bits per heavy atom. The molecule has 0 aliphatic carbocycles. The zero-order valence-corrected chi connectivity index (χ0v) is 18.5. The fourth-order valence-electron chi connectivity index (χ4n) is 3.57. The van der Waals surface area contributed by atoms with Crippen LogP contribution in [0.2, 0.25) is 0 Å². The van der Waals surface area contributed by atoms with Crippen molar-refractivity contribution in [2.24, 2.45) is 0 Å². The summed E-state index contributed by atoms with van der Waals surface area (Å²) in [5, 5.41) is 3.75. The summed E-state index contributed by atoms with van der Waals surface area (Å²) in [5.74, 6) is 1.19. The van der Waals surface area contributed by atoms with Crippen molar-refractivity contribution >= 4 is 34.9 Å². The minimum Gasteiger partial charge on any atom is -0.368 e. The van der Waals surface area contributed by atoms with E-state index in [0.717, 1.165) is 49.1 Å². The molecular weight excluding hydrogens is 406 g/mol. The number of hydrogen-bond donors (Lipinski definition) is 1. The number of amides is 1. The predicted molar refractivity (Wildman–Crippen MR) is 128 cm³/mol. The number of para-hydroxylation sites is 1. The topological polar surface area (TPSA) is 61.4 Å². The minimum absolute atomic E-state index is 0.0362. The Morgan fingerprint density at radius 3 is 2.39 bits per heavy atom. The van der Waals surface area contributed by atoms with E-state index in [1.165, 1.54) is 23.0 Å². The Balaban J connectivity index is 1.28. The largest absolute Gasteiger partial charge is 0.368 e. The van der Waals surface area contributed by atoms with E-state index < -0.39 is 0 Å². The van der Waals surface area contributed by atoms with Gasteiger partial charge in [0.2, 0.25) is 5.91 Å².